The number of nitrogens with one attached hydrogen (secondary N) is 1. The summed E-state index contributed by atoms with van der Waals surface area (Å²) in [5.74, 6) is -0.739. The molecule has 0 saturated carbocycles. The second-order valence-corrected chi connectivity index (χ2v) is 9.34. The van der Waals surface area contributed by atoms with Crippen LogP contribution in [0, 0.1) is 0 Å². The molecule has 1 heterocycles. The van der Waals surface area contributed by atoms with Crippen LogP contribution in [0.5, 0.6) is 0 Å². The summed E-state index contributed by atoms with van der Waals surface area (Å²) in [5, 5.41) is 2.78. The van der Waals surface area contributed by atoms with Gasteiger partial charge in [-0.2, -0.15) is 0 Å². The predicted molar refractivity (Wildman–Crippen MR) is 135 cm³/mol. The van der Waals surface area contributed by atoms with Gasteiger partial charge in [0, 0.05) is 25.9 Å². The van der Waals surface area contributed by atoms with Crippen molar-refractivity contribution >= 4 is 17.8 Å². The Balaban J connectivity index is 1.62. The molecule has 190 valence electrons. The number of hydrogen-bond acceptors (Lipinski definition) is 4. The monoisotopic (exact) mass is 472 g/mol. The van der Waals surface area contributed by atoms with Gasteiger partial charge in [0.2, 0.25) is 11.8 Å². The molecule has 2 rings (SSSR count). The van der Waals surface area contributed by atoms with Crippen LogP contribution in [-0.2, 0) is 25.5 Å². The summed E-state index contributed by atoms with van der Waals surface area (Å²) in [6, 6.07) is 9.04. The summed E-state index contributed by atoms with van der Waals surface area (Å²) in [4.78, 5) is 39.1. The van der Waals surface area contributed by atoms with Crippen LogP contribution in [0.2, 0.25) is 0 Å². The third kappa shape index (κ3) is 11.2. The predicted octanol–water partition coefficient (Wildman–Crippen LogP) is 5.19. The average Bonchev–Trinajstić information content (AvgIpc) is 2.84. The van der Waals surface area contributed by atoms with Gasteiger partial charge in [0.05, 0.1) is 13.0 Å². The maximum atomic E-state index is 12.8. The molecule has 1 fully saturated rings. The maximum Gasteiger partial charge on any atom is 0.308 e. The molecule has 0 aromatic heterocycles. The van der Waals surface area contributed by atoms with Crippen LogP contribution in [0.1, 0.15) is 96.0 Å². The van der Waals surface area contributed by atoms with E-state index in [9.17, 15) is 14.4 Å². The van der Waals surface area contributed by atoms with Gasteiger partial charge in [-0.1, -0.05) is 101 Å². The topological polar surface area (TPSA) is 75.7 Å². The summed E-state index contributed by atoms with van der Waals surface area (Å²) in [6.45, 7) is 3.39. The van der Waals surface area contributed by atoms with Gasteiger partial charge in [-0.05, 0) is 12.0 Å². The first-order chi connectivity index (χ1) is 16.6. The molecule has 1 aliphatic rings. The quantitative estimate of drug-likeness (QED) is 0.250. The van der Waals surface area contributed by atoms with E-state index in [4.69, 9.17) is 4.74 Å². The van der Waals surface area contributed by atoms with E-state index in [1.807, 2.05) is 30.3 Å². The van der Waals surface area contributed by atoms with Crippen LogP contribution in [0.3, 0.4) is 0 Å². The van der Waals surface area contributed by atoms with Gasteiger partial charge >= 0.3 is 5.97 Å². The molecule has 1 unspecified atom stereocenters. The van der Waals surface area contributed by atoms with Crippen LogP contribution in [-0.4, -0.2) is 48.4 Å². The SMILES string of the molecule is CCCCCCCCCCCCCC(=O)N1CCNC(=O)C1CC(=O)OCCc1ccccc1. The van der Waals surface area contributed by atoms with Crippen molar-refractivity contribution in [3.05, 3.63) is 35.9 Å². The van der Waals surface area contributed by atoms with Crippen LogP contribution < -0.4 is 5.32 Å². The fraction of sp³-hybridized carbons (Fsp3) is 0.679. The van der Waals surface area contributed by atoms with Crippen molar-refractivity contribution in [3.8, 4) is 0 Å². The van der Waals surface area contributed by atoms with Gasteiger partial charge in [0.25, 0.3) is 0 Å². The van der Waals surface area contributed by atoms with Gasteiger partial charge < -0.3 is 15.0 Å². The lowest BCUT2D eigenvalue weighted by Crippen LogP contribution is -2.57. The molecule has 1 aromatic rings. The molecule has 2 amide bonds. The van der Waals surface area contributed by atoms with E-state index in [0.717, 1.165) is 24.8 Å². The van der Waals surface area contributed by atoms with Gasteiger partial charge in [0.1, 0.15) is 6.04 Å². The number of rotatable bonds is 17. The highest BCUT2D eigenvalue weighted by molar-refractivity contribution is 5.91. The van der Waals surface area contributed by atoms with Gasteiger partial charge in [-0.15, -0.1) is 0 Å². The first-order valence-corrected chi connectivity index (χ1v) is 13.4. The fourth-order valence-corrected chi connectivity index (χ4v) is 4.44. The molecule has 34 heavy (non-hydrogen) atoms. The van der Waals surface area contributed by atoms with Crippen molar-refractivity contribution in [2.75, 3.05) is 19.7 Å². The van der Waals surface area contributed by atoms with Crippen molar-refractivity contribution in [3.63, 3.8) is 0 Å². The third-order valence-corrected chi connectivity index (χ3v) is 6.50. The zero-order valence-electron chi connectivity index (χ0n) is 21.1. The number of amides is 2. The molecule has 0 radical (unpaired) electrons. The van der Waals surface area contributed by atoms with E-state index >= 15 is 0 Å². The molecule has 0 aliphatic carbocycles. The van der Waals surface area contributed by atoms with Gasteiger partial charge in [-0.3, -0.25) is 14.4 Å². The molecule has 1 atom stereocenters. The molecule has 1 aliphatic heterocycles. The summed E-state index contributed by atoms with van der Waals surface area (Å²) in [6.07, 6.45) is 14.5. The normalized spacial score (nSPS) is 15.7. The van der Waals surface area contributed by atoms with E-state index in [2.05, 4.69) is 12.2 Å². The molecule has 0 spiro atoms. The minimum Gasteiger partial charge on any atom is -0.465 e. The van der Waals surface area contributed by atoms with Crippen molar-refractivity contribution < 1.29 is 19.1 Å². The zero-order valence-corrected chi connectivity index (χ0v) is 21.1. The Hall–Kier alpha value is -2.37. The van der Waals surface area contributed by atoms with Crippen LogP contribution in [0.25, 0.3) is 0 Å². The Morgan fingerprint density at radius 3 is 2.21 bits per heavy atom. The van der Waals surface area contributed by atoms with E-state index in [-0.39, 0.29) is 24.8 Å². The highest BCUT2D eigenvalue weighted by Gasteiger charge is 2.34. The lowest BCUT2D eigenvalue weighted by molar-refractivity contribution is -0.151. The summed E-state index contributed by atoms with van der Waals surface area (Å²) in [7, 11) is 0. The maximum absolute atomic E-state index is 12.8. The molecule has 1 aromatic carbocycles. The first-order valence-electron chi connectivity index (χ1n) is 13.4. The van der Waals surface area contributed by atoms with E-state index in [1.54, 1.807) is 4.90 Å². The molecular weight excluding hydrogens is 428 g/mol. The Labute approximate surface area is 205 Å². The third-order valence-electron chi connectivity index (χ3n) is 6.50. The summed E-state index contributed by atoms with van der Waals surface area (Å²) in [5.41, 5.74) is 1.09. The van der Waals surface area contributed by atoms with Crippen molar-refractivity contribution in [1.82, 2.24) is 10.2 Å². The second kappa shape index (κ2) is 17.1. The highest BCUT2D eigenvalue weighted by Crippen LogP contribution is 2.16. The summed E-state index contributed by atoms with van der Waals surface area (Å²) >= 11 is 0. The molecule has 6 heteroatoms. The van der Waals surface area contributed by atoms with Crippen LogP contribution in [0.4, 0.5) is 0 Å². The fourth-order valence-electron chi connectivity index (χ4n) is 4.44. The highest BCUT2D eigenvalue weighted by atomic mass is 16.5. The van der Waals surface area contributed by atoms with E-state index in [1.165, 1.54) is 51.4 Å². The number of carbonyl (C=O) groups excluding carboxylic acids is 3. The molecule has 1 saturated heterocycles. The minimum absolute atomic E-state index is 0.0344. The van der Waals surface area contributed by atoms with Crippen LogP contribution >= 0.6 is 0 Å². The van der Waals surface area contributed by atoms with Gasteiger partial charge in [-0.25, -0.2) is 0 Å². The number of benzene rings is 1. The Bertz CT molecular complexity index is 722. The Morgan fingerprint density at radius 2 is 1.56 bits per heavy atom. The number of hydrogen-bond donors (Lipinski definition) is 1. The van der Waals surface area contributed by atoms with Crippen LogP contribution in [0.15, 0.2) is 30.3 Å². The number of nitrogens with zero attached hydrogens (tertiary/aromatic N) is 1. The standard InChI is InChI=1S/C28H44N2O4/c1-2-3-4-5-6-7-8-9-10-11-15-18-26(31)30-21-20-29-28(33)25(30)23-27(32)34-22-19-24-16-13-12-14-17-24/h12-14,16-17,25H,2-11,15,18-23H2,1H3,(H,29,33). The largest absolute Gasteiger partial charge is 0.465 e. The molecular formula is C28H44N2O4. The van der Waals surface area contributed by atoms with E-state index < -0.39 is 12.0 Å². The molecule has 6 nitrogen and oxygen atoms in total. The Kier molecular flexibility index (Phi) is 14.0. The lowest BCUT2D eigenvalue weighted by atomic mass is 10.0. The van der Waals surface area contributed by atoms with E-state index in [0.29, 0.717) is 25.9 Å². The smallest absolute Gasteiger partial charge is 0.308 e. The first kappa shape index (κ1) is 27.9. The summed E-state index contributed by atoms with van der Waals surface area (Å²) < 4.78 is 5.34. The minimum atomic E-state index is -0.766. The number of esters is 1. The van der Waals surface area contributed by atoms with Crippen molar-refractivity contribution in [2.24, 2.45) is 0 Å². The number of carbonyl (C=O) groups is 3. The number of unbranched alkanes of at least 4 members (excludes halogenated alkanes) is 10. The zero-order chi connectivity index (χ0) is 24.4. The molecule has 0 bridgehead atoms. The van der Waals surface area contributed by atoms with Crippen molar-refractivity contribution in [2.45, 2.75) is 103 Å². The number of piperazine rings is 1. The average molecular weight is 473 g/mol. The van der Waals surface area contributed by atoms with Crippen molar-refractivity contribution in [1.29, 1.82) is 0 Å². The molecule has 1 N–H and O–H groups in total. The Morgan fingerprint density at radius 1 is 0.941 bits per heavy atom. The lowest BCUT2D eigenvalue weighted by Gasteiger charge is -2.34. The van der Waals surface area contributed by atoms with Gasteiger partial charge in [0.15, 0.2) is 0 Å². The second-order valence-electron chi connectivity index (χ2n) is 9.34. The number of ether oxygens (including phenoxy) is 1.